The van der Waals surface area contributed by atoms with Crippen LogP contribution in [0.2, 0.25) is 0 Å². The van der Waals surface area contributed by atoms with E-state index < -0.39 is 0 Å². The molecule has 0 aromatic rings. The van der Waals surface area contributed by atoms with Crippen molar-refractivity contribution in [2.75, 3.05) is 0 Å². The Morgan fingerprint density at radius 3 is 2.57 bits per heavy atom. The maximum atomic E-state index is 11.4. The summed E-state index contributed by atoms with van der Waals surface area (Å²) < 4.78 is 0. The number of ketones is 1. The number of carbonyl (C=O) groups excluding carboxylic acids is 1. The lowest BCUT2D eigenvalue weighted by Crippen LogP contribution is -2.36. The van der Waals surface area contributed by atoms with Crippen LogP contribution in [0.4, 0.5) is 0 Å². The van der Waals surface area contributed by atoms with Crippen molar-refractivity contribution >= 4 is 5.78 Å². The third-order valence-corrected chi connectivity index (χ3v) is 5.03. The topological polar surface area (TPSA) is 17.1 Å². The van der Waals surface area contributed by atoms with Crippen molar-refractivity contribution in [3.63, 3.8) is 0 Å². The molecular formula is C13H20O. The van der Waals surface area contributed by atoms with E-state index >= 15 is 0 Å². The largest absolute Gasteiger partial charge is 0.300 e. The number of hydrogen-bond acceptors (Lipinski definition) is 1. The fourth-order valence-electron chi connectivity index (χ4n) is 4.40. The zero-order valence-corrected chi connectivity index (χ0v) is 8.87. The average Bonchev–Trinajstić information content (AvgIpc) is 2.65. The van der Waals surface area contributed by atoms with Crippen LogP contribution in [0.25, 0.3) is 0 Å². The SMILES string of the molecule is O=C1CCC2C(CCC3CCCC32)C1. The molecule has 0 N–H and O–H groups in total. The van der Waals surface area contributed by atoms with E-state index in [1.165, 1.54) is 38.5 Å². The molecule has 1 nitrogen and oxygen atoms in total. The lowest BCUT2D eigenvalue weighted by atomic mass is 9.62. The minimum atomic E-state index is 0.544. The summed E-state index contributed by atoms with van der Waals surface area (Å²) in [5, 5.41) is 0. The van der Waals surface area contributed by atoms with Crippen molar-refractivity contribution in [1.29, 1.82) is 0 Å². The van der Waals surface area contributed by atoms with Crippen molar-refractivity contribution in [3.05, 3.63) is 0 Å². The van der Waals surface area contributed by atoms with E-state index in [0.29, 0.717) is 5.78 Å². The molecule has 4 unspecified atom stereocenters. The highest BCUT2D eigenvalue weighted by Gasteiger charge is 2.43. The van der Waals surface area contributed by atoms with Crippen LogP contribution in [0.1, 0.15) is 51.4 Å². The third-order valence-electron chi connectivity index (χ3n) is 5.03. The van der Waals surface area contributed by atoms with Crippen LogP contribution in [0.3, 0.4) is 0 Å². The first kappa shape index (κ1) is 8.94. The number of hydrogen-bond donors (Lipinski definition) is 0. The lowest BCUT2D eigenvalue weighted by Gasteiger charge is -2.42. The predicted molar refractivity (Wildman–Crippen MR) is 55.9 cm³/mol. The van der Waals surface area contributed by atoms with Gasteiger partial charge in [0.1, 0.15) is 5.78 Å². The van der Waals surface area contributed by atoms with Crippen LogP contribution in [-0.4, -0.2) is 5.78 Å². The molecule has 78 valence electrons. The van der Waals surface area contributed by atoms with Crippen LogP contribution >= 0.6 is 0 Å². The van der Waals surface area contributed by atoms with Gasteiger partial charge in [-0.15, -0.1) is 0 Å². The van der Waals surface area contributed by atoms with Gasteiger partial charge in [0.05, 0.1) is 0 Å². The molecule has 4 atom stereocenters. The van der Waals surface area contributed by atoms with Gasteiger partial charge in [0, 0.05) is 12.8 Å². The normalized spacial score (nSPS) is 47.3. The van der Waals surface area contributed by atoms with Crippen LogP contribution in [0.15, 0.2) is 0 Å². The lowest BCUT2D eigenvalue weighted by molar-refractivity contribution is -0.124. The molecule has 0 aromatic heterocycles. The molecule has 0 amide bonds. The highest BCUT2D eigenvalue weighted by molar-refractivity contribution is 5.79. The van der Waals surface area contributed by atoms with Crippen LogP contribution in [-0.2, 0) is 4.79 Å². The first-order valence-corrected chi connectivity index (χ1v) is 6.36. The Balaban J connectivity index is 1.77. The Morgan fingerprint density at radius 1 is 0.857 bits per heavy atom. The predicted octanol–water partition coefficient (Wildman–Crippen LogP) is 3.18. The maximum Gasteiger partial charge on any atom is 0.133 e. The van der Waals surface area contributed by atoms with Gasteiger partial charge in [-0.3, -0.25) is 4.79 Å². The van der Waals surface area contributed by atoms with Crippen molar-refractivity contribution in [2.24, 2.45) is 23.7 Å². The number of fused-ring (bicyclic) bond motifs is 3. The zero-order chi connectivity index (χ0) is 9.54. The van der Waals surface area contributed by atoms with E-state index in [1.54, 1.807) is 0 Å². The molecule has 14 heavy (non-hydrogen) atoms. The molecule has 3 aliphatic rings. The summed E-state index contributed by atoms with van der Waals surface area (Å²) in [4.78, 5) is 11.4. The van der Waals surface area contributed by atoms with Crippen LogP contribution in [0.5, 0.6) is 0 Å². The molecule has 0 aromatic carbocycles. The fourth-order valence-corrected chi connectivity index (χ4v) is 4.40. The molecule has 3 aliphatic carbocycles. The van der Waals surface area contributed by atoms with E-state index in [1.807, 2.05) is 0 Å². The first-order valence-electron chi connectivity index (χ1n) is 6.36. The van der Waals surface area contributed by atoms with E-state index in [2.05, 4.69) is 0 Å². The highest BCUT2D eigenvalue weighted by Crippen LogP contribution is 2.51. The van der Waals surface area contributed by atoms with Gasteiger partial charge in [0.15, 0.2) is 0 Å². The summed E-state index contributed by atoms with van der Waals surface area (Å²) in [6.07, 6.45) is 10.3. The van der Waals surface area contributed by atoms with Gasteiger partial charge in [0.25, 0.3) is 0 Å². The molecule has 3 saturated carbocycles. The Labute approximate surface area is 86.3 Å². The summed E-state index contributed by atoms with van der Waals surface area (Å²) in [6.45, 7) is 0. The standard InChI is InChI=1S/C13H20O/c14-11-6-7-13-10(8-11)5-4-9-2-1-3-12(9)13/h9-10,12-13H,1-8H2. The molecular weight excluding hydrogens is 172 g/mol. The van der Waals surface area contributed by atoms with Gasteiger partial charge in [-0.1, -0.05) is 12.8 Å². The monoisotopic (exact) mass is 192 g/mol. The Bertz CT molecular complexity index is 246. The quantitative estimate of drug-likeness (QED) is 0.576. The van der Waals surface area contributed by atoms with Crippen molar-refractivity contribution in [1.82, 2.24) is 0 Å². The second-order valence-corrected chi connectivity index (χ2v) is 5.64. The molecule has 0 heterocycles. The van der Waals surface area contributed by atoms with E-state index in [9.17, 15) is 4.79 Å². The second-order valence-electron chi connectivity index (χ2n) is 5.64. The Morgan fingerprint density at radius 2 is 1.64 bits per heavy atom. The average molecular weight is 192 g/mol. The maximum absolute atomic E-state index is 11.4. The number of rotatable bonds is 0. The van der Waals surface area contributed by atoms with Gasteiger partial charge in [-0.25, -0.2) is 0 Å². The minimum Gasteiger partial charge on any atom is -0.300 e. The highest BCUT2D eigenvalue weighted by atomic mass is 16.1. The summed E-state index contributed by atoms with van der Waals surface area (Å²) in [6, 6.07) is 0. The molecule has 1 heteroatoms. The molecule has 0 spiro atoms. The summed E-state index contributed by atoms with van der Waals surface area (Å²) >= 11 is 0. The Kier molecular flexibility index (Phi) is 2.14. The number of carbonyl (C=O) groups is 1. The summed E-state index contributed by atoms with van der Waals surface area (Å²) in [5.74, 6) is 4.33. The number of Topliss-reactive ketones (excluding diaryl/α,β-unsaturated/α-hetero) is 1. The van der Waals surface area contributed by atoms with Crippen molar-refractivity contribution < 1.29 is 4.79 Å². The molecule has 3 fully saturated rings. The smallest absolute Gasteiger partial charge is 0.133 e. The zero-order valence-electron chi connectivity index (χ0n) is 8.87. The van der Waals surface area contributed by atoms with Gasteiger partial charge >= 0.3 is 0 Å². The fraction of sp³-hybridized carbons (Fsp3) is 0.923. The van der Waals surface area contributed by atoms with E-state index in [0.717, 1.165) is 36.5 Å². The van der Waals surface area contributed by atoms with Gasteiger partial charge < -0.3 is 0 Å². The minimum absolute atomic E-state index is 0.544. The molecule has 0 aliphatic heterocycles. The first-order chi connectivity index (χ1) is 6.84. The van der Waals surface area contributed by atoms with E-state index in [4.69, 9.17) is 0 Å². The van der Waals surface area contributed by atoms with Gasteiger partial charge in [-0.05, 0) is 49.4 Å². The van der Waals surface area contributed by atoms with Gasteiger partial charge in [-0.2, -0.15) is 0 Å². The van der Waals surface area contributed by atoms with Crippen LogP contribution < -0.4 is 0 Å². The second kappa shape index (κ2) is 3.36. The Hall–Kier alpha value is -0.330. The molecule has 0 saturated heterocycles. The summed E-state index contributed by atoms with van der Waals surface area (Å²) in [7, 11) is 0. The third kappa shape index (κ3) is 1.32. The van der Waals surface area contributed by atoms with Crippen molar-refractivity contribution in [3.8, 4) is 0 Å². The van der Waals surface area contributed by atoms with Crippen LogP contribution in [0, 0.1) is 23.7 Å². The molecule has 0 radical (unpaired) electrons. The van der Waals surface area contributed by atoms with Gasteiger partial charge in [0.2, 0.25) is 0 Å². The summed E-state index contributed by atoms with van der Waals surface area (Å²) in [5.41, 5.74) is 0. The van der Waals surface area contributed by atoms with E-state index in [-0.39, 0.29) is 0 Å². The van der Waals surface area contributed by atoms with Crippen molar-refractivity contribution in [2.45, 2.75) is 51.4 Å². The molecule has 3 rings (SSSR count). The molecule has 0 bridgehead atoms.